The molecular weight excluding hydrogens is 328 g/mol. The third-order valence-electron chi connectivity index (χ3n) is 4.84. The Kier molecular flexibility index (Phi) is 5.45. The van der Waals surface area contributed by atoms with Gasteiger partial charge in [0.2, 0.25) is 5.88 Å². The van der Waals surface area contributed by atoms with Gasteiger partial charge >= 0.3 is 5.69 Å². The fourth-order valence-electron chi connectivity index (χ4n) is 3.56. The van der Waals surface area contributed by atoms with Crippen molar-refractivity contribution in [2.24, 2.45) is 5.92 Å². The van der Waals surface area contributed by atoms with E-state index in [2.05, 4.69) is 23.2 Å². The number of nitrogens with one attached hydrogen (secondary N) is 1. The van der Waals surface area contributed by atoms with Gasteiger partial charge < -0.3 is 4.74 Å². The van der Waals surface area contributed by atoms with Gasteiger partial charge in [0.1, 0.15) is 5.75 Å². The highest BCUT2D eigenvalue weighted by Gasteiger charge is 2.18. The van der Waals surface area contributed by atoms with Crippen molar-refractivity contribution in [3.05, 3.63) is 67.9 Å². The first-order valence-corrected chi connectivity index (χ1v) is 9.26. The zero-order valence-electron chi connectivity index (χ0n) is 15.7. The molecule has 0 saturated heterocycles. The average molecular weight is 354 g/mol. The monoisotopic (exact) mass is 354 g/mol. The molecule has 0 fully saturated rings. The number of aromatic nitrogens is 2. The molecule has 5 nitrogen and oxygen atoms in total. The highest BCUT2D eigenvalue weighted by atomic mass is 16.5. The number of nitrogens with zero attached hydrogens (tertiary/aromatic N) is 1. The lowest BCUT2D eigenvalue weighted by atomic mass is 10.1. The highest BCUT2D eigenvalue weighted by molar-refractivity contribution is 5.37. The van der Waals surface area contributed by atoms with Crippen LogP contribution in [0.4, 0.5) is 0 Å². The summed E-state index contributed by atoms with van der Waals surface area (Å²) in [7, 11) is 0. The highest BCUT2D eigenvalue weighted by Crippen LogP contribution is 2.27. The summed E-state index contributed by atoms with van der Waals surface area (Å²) < 4.78 is 7.67. The van der Waals surface area contributed by atoms with Crippen LogP contribution in [-0.4, -0.2) is 9.55 Å². The molecule has 1 heterocycles. The van der Waals surface area contributed by atoms with E-state index >= 15 is 0 Å². The van der Waals surface area contributed by atoms with Crippen LogP contribution >= 0.6 is 0 Å². The number of ether oxygens (including phenoxy) is 1. The van der Waals surface area contributed by atoms with Crippen molar-refractivity contribution < 1.29 is 4.74 Å². The van der Waals surface area contributed by atoms with Gasteiger partial charge in [-0.2, -0.15) is 0 Å². The van der Waals surface area contributed by atoms with Gasteiger partial charge in [0, 0.05) is 6.54 Å². The number of H-pyrrole nitrogens is 1. The second-order valence-corrected chi connectivity index (χ2v) is 7.03. The Morgan fingerprint density at radius 1 is 1.19 bits per heavy atom. The fraction of sp³-hybridized carbons (Fsp3) is 0.429. The summed E-state index contributed by atoms with van der Waals surface area (Å²) in [6.07, 6.45) is 7.96. The third kappa shape index (κ3) is 3.98. The van der Waals surface area contributed by atoms with Crippen LogP contribution in [0.15, 0.2) is 39.9 Å². The summed E-state index contributed by atoms with van der Waals surface area (Å²) in [5, 5.41) is 0. The summed E-state index contributed by atoms with van der Waals surface area (Å²) in [5.74, 6) is 1.50. The maximum atomic E-state index is 12.5. The van der Waals surface area contributed by atoms with Gasteiger partial charge in [-0.3, -0.25) is 14.3 Å². The van der Waals surface area contributed by atoms with Gasteiger partial charge in [-0.25, -0.2) is 4.79 Å². The Morgan fingerprint density at radius 3 is 2.54 bits per heavy atom. The number of allylic oxidation sites excluding steroid dienone is 2. The molecule has 1 atom stereocenters. The number of rotatable bonds is 6. The van der Waals surface area contributed by atoms with Crippen LogP contribution < -0.4 is 16.0 Å². The third-order valence-corrected chi connectivity index (χ3v) is 4.84. The molecule has 1 aliphatic carbocycles. The fourth-order valence-corrected chi connectivity index (χ4v) is 3.56. The van der Waals surface area contributed by atoms with Gasteiger partial charge in [0.15, 0.2) is 0 Å². The van der Waals surface area contributed by atoms with Crippen molar-refractivity contribution in [2.75, 3.05) is 0 Å². The van der Waals surface area contributed by atoms with Crippen LogP contribution in [0.1, 0.15) is 42.9 Å². The van der Waals surface area contributed by atoms with Crippen LogP contribution in [0.25, 0.3) is 0 Å². The number of aryl methyl sites for hydroxylation is 2. The molecule has 26 heavy (non-hydrogen) atoms. The van der Waals surface area contributed by atoms with Crippen molar-refractivity contribution in [2.45, 2.75) is 53.0 Å². The van der Waals surface area contributed by atoms with E-state index in [1.54, 1.807) is 4.57 Å². The van der Waals surface area contributed by atoms with Gasteiger partial charge in [-0.15, -0.1) is 0 Å². The molecule has 5 heteroatoms. The minimum Gasteiger partial charge on any atom is -0.440 e. The van der Waals surface area contributed by atoms with Crippen molar-refractivity contribution in [3.8, 4) is 11.6 Å². The summed E-state index contributed by atoms with van der Waals surface area (Å²) in [6.45, 7) is 6.42. The molecule has 2 aromatic rings. The van der Waals surface area contributed by atoms with Gasteiger partial charge in [0.05, 0.1) is 5.56 Å². The second-order valence-electron chi connectivity index (χ2n) is 7.03. The predicted molar refractivity (Wildman–Crippen MR) is 103 cm³/mol. The molecule has 0 spiro atoms. The molecule has 1 aromatic carbocycles. The second kappa shape index (κ2) is 7.77. The van der Waals surface area contributed by atoms with E-state index in [9.17, 15) is 9.59 Å². The van der Waals surface area contributed by atoms with Crippen molar-refractivity contribution >= 4 is 0 Å². The normalized spacial score (nSPS) is 16.2. The Labute approximate surface area is 153 Å². The summed E-state index contributed by atoms with van der Waals surface area (Å²) in [6, 6.07) is 5.90. The maximum absolute atomic E-state index is 12.5. The lowest BCUT2D eigenvalue weighted by Gasteiger charge is -2.17. The molecule has 1 N–H and O–H groups in total. The molecule has 0 aliphatic heterocycles. The lowest BCUT2D eigenvalue weighted by molar-refractivity contribution is 0.389. The molecular formula is C21H26N2O3. The summed E-state index contributed by atoms with van der Waals surface area (Å²) >= 11 is 0. The van der Waals surface area contributed by atoms with Crippen molar-refractivity contribution in [1.82, 2.24) is 9.55 Å². The molecule has 138 valence electrons. The standard InChI is InChI=1S/C21H26N2O3/c1-4-18-19(24)22-21(25)23(10-9-16-7-5-6-8-16)20(18)26-17-12-14(2)11-15(3)13-17/h5,7,11-13,16H,4,6,8-10H2,1-3H3,(H,22,24,25). The van der Waals surface area contributed by atoms with Crippen LogP contribution in [-0.2, 0) is 13.0 Å². The van der Waals surface area contributed by atoms with E-state index in [-0.39, 0.29) is 5.56 Å². The summed E-state index contributed by atoms with van der Waals surface area (Å²) in [4.78, 5) is 27.2. The van der Waals surface area contributed by atoms with E-state index < -0.39 is 5.69 Å². The Morgan fingerprint density at radius 2 is 1.92 bits per heavy atom. The number of hydrogen-bond donors (Lipinski definition) is 1. The maximum Gasteiger partial charge on any atom is 0.331 e. The molecule has 0 saturated carbocycles. The van der Waals surface area contributed by atoms with Crippen LogP contribution in [0, 0.1) is 19.8 Å². The molecule has 0 radical (unpaired) electrons. The Bertz CT molecular complexity index is 917. The zero-order valence-corrected chi connectivity index (χ0v) is 15.7. The van der Waals surface area contributed by atoms with Gasteiger partial charge in [-0.1, -0.05) is 25.1 Å². The quantitative estimate of drug-likeness (QED) is 0.801. The molecule has 0 amide bonds. The molecule has 1 aromatic heterocycles. The van der Waals surface area contributed by atoms with Crippen LogP contribution in [0.2, 0.25) is 0 Å². The first-order chi connectivity index (χ1) is 12.5. The Hall–Kier alpha value is -2.56. The smallest absolute Gasteiger partial charge is 0.331 e. The first-order valence-electron chi connectivity index (χ1n) is 9.26. The van der Waals surface area contributed by atoms with E-state index in [1.165, 1.54) is 0 Å². The zero-order chi connectivity index (χ0) is 18.7. The van der Waals surface area contributed by atoms with Crippen molar-refractivity contribution in [1.29, 1.82) is 0 Å². The minimum atomic E-state index is -0.409. The molecule has 1 aliphatic rings. The largest absolute Gasteiger partial charge is 0.440 e. The topological polar surface area (TPSA) is 64.1 Å². The molecule has 0 bridgehead atoms. The van der Waals surface area contributed by atoms with E-state index in [4.69, 9.17) is 4.74 Å². The van der Waals surface area contributed by atoms with Crippen molar-refractivity contribution in [3.63, 3.8) is 0 Å². The molecule has 1 unspecified atom stereocenters. The SMILES string of the molecule is CCc1c(Oc2cc(C)cc(C)c2)n(CCC2C=CCC2)c(=O)[nH]c1=O. The first kappa shape index (κ1) is 18.2. The van der Waals surface area contributed by atoms with Gasteiger partial charge in [0.25, 0.3) is 5.56 Å². The lowest BCUT2D eigenvalue weighted by Crippen LogP contribution is -2.33. The van der Waals surface area contributed by atoms with E-state index in [1.807, 2.05) is 32.9 Å². The van der Waals surface area contributed by atoms with E-state index in [0.717, 1.165) is 30.4 Å². The number of hydrogen-bond acceptors (Lipinski definition) is 3. The van der Waals surface area contributed by atoms with Gasteiger partial charge in [-0.05, 0) is 68.7 Å². The summed E-state index contributed by atoms with van der Waals surface area (Å²) in [5.41, 5.74) is 1.88. The predicted octanol–water partition coefficient (Wildman–Crippen LogP) is 3.86. The Balaban J connectivity index is 2.00. The number of benzene rings is 1. The molecule has 3 rings (SSSR count). The van der Waals surface area contributed by atoms with Crippen LogP contribution in [0.5, 0.6) is 11.6 Å². The average Bonchev–Trinajstić information content (AvgIpc) is 3.07. The number of aromatic amines is 1. The minimum absolute atomic E-state index is 0.367. The van der Waals surface area contributed by atoms with E-state index in [0.29, 0.717) is 36.1 Å². The van der Waals surface area contributed by atoms with Crippen LogP contribution in [0.3, 0.4) is 0 Å².